The number of benzene rings is 1. The summed E-state index contributed by atoms with van der Waals surface area (Å²) >= 11 is 0. The number of ether oxygens (including phenoxy) is 3. The minimum Gasteiger partial charge on any atom is -0.494 e. The van der Waals surface area contributed by atoms with Crippen LogP contribution in [0.2, 0.25) is 0 Å². The summed E-state index contributed by atoms with van der Waals surface area (Å²) in [6, 6.07) is 6.98. The number of rotatable bonds is 9. The van der Waals surface area contributed by atoms with Crippen LogP contribution in [0.3, 0.4) is 0 Å². The molecule has 144 valence electrons. The van der Waals surface area contributed by atoms with Gasteiger partial charge < -0.3 is 19.5 Å². The number of esters is 1. The number of carbonyl (C=O) groups excluding carboxylic acids is 2. The first-order valence-corrected chi connectivity index (χ1v) is 9.41. The van der Waals surface area contributed by atoms with E-state index in [1.807, 2.05) is 6.92 Å². The Kier molecular flexibility index (Phi) is 8.25. The van der Waals surface area contributed by atoms with Gasteiger partial charge in [0.2, 0.25) is 0 Å². The maximum Gasteiger partial charge on any atom is 0.344 e. The summed E-state index contributed by atoms with van der Waals surface area (Å²) in [5.74, 6) is 0.994. The van der Waals surface area contributed by atoms with Crippen molar-refractivity contribution in [3.8, 4) is 11.5 Å². The molecule has 1 fully saturated rings. The van der Waals surface area contributed by atoms with Gasteiger partial charge in [-0.05, 0) is 56.9 Å². The van der Waals surface area contributed by atoms with Crippen LogP contribution in [0.15, 0.2) is 24.3 Å². The fraction of sp³-hybridized carbons (Fsp3) is 0.600. The van der Waals surface area contributed by atoms with E-state index in [2.05, 4.69) is 5.32 Å². The van der Waals surface area contributed by atoms with E-state index in [4.69, 9.17) is 14.2 Å². The summed E-state index contributed by atoms with van der Waals surface area (Å²) in [6.45, 7) is 4.49. The Morgan fingerprint density at radius 2 is 1.69 bits per heavy atom. The molecule has 1 saturated carbocycles. The first-order chi connectivity index (χ1) is 12.6. The van der Waals surface area contributed by atoms with Gasteiger partial charge in [0, 0.05) is 6.54 Å². The summed E-state index contributed by atoms with van der Waals surface area (Å²) in [4.78, 5) is 23.9. The van der Waals surface area contributed by atoms with Gasteiger partial charge in [-0.3, -0.25) is 4.79 Å². The van der Waals surface area contributed by atoms with Crippen LogP contribution < -0.4 is 14.8 Å². The Hall–Kier alpha value is -2.24. The molecule has 1 amide bonds. The zero-order valence-corrected chi connectivity index (χ0v) is 15.7. The standard InChI is InChI=1S/C20H29NO5/c1-3-24-17-9-11-18(12-10-17)25-14-19(22)26-15(2)20(23)21-13-16-7-5-4-6-8-16/h9-12,15-16H,3-8,13-14H2,1-2H3,(H,21,23)/t15-/m0/s1. The van der Waals surface area contributed by atoms with Gasteiger partial charge >= 0.3 is 5.97 Å². The molecule has 0 aromatic heterocycles. The number of carbonyl (C=O) groups is 2. The number of nitrogens with one attached hydrogen (secondary N) is 1. The zero-order valence-electron chi connectivity index (χ0n) is 15.7. The Morgan fingerprint density at radius 1 is 1.08 bits per heavy atom. The Bertz CT molecular complexity index is 566. The maximum atomic E-state index is 12.1. The SMILES string of the molecule is CCOc1ccc(OCC(=O)O[C@@H](C)C(=O)NCC2CCCCC2)cc1. The molecular formula is C20H29NO5. The first-order valence-electron chi connectivity index (χ1n) is 9.41. The monoisotopic (exact) mass is 363 g/mol. The molecule has 0 saturated heterocycles. The summed E-state index contributed by atoms with van der Waals surface area (Å²) in [6.07, 6.45) is 5.23. The van der Waals surface area contributed by atoms with Crippen LogP contribution in [-0.4, -0.2) is 37.7 Å². The van der Waals surface area contributed by atoms with Crippen LogP contribution in [0.5, 0.6) is 11.5 Å². The highest BCUT2D eigenvalue weighted by molar-refractivity contribution is 5.83. The molecule has 1 N–H and O–H groups in total. The van der Waals surface area contributed by atoms with Gasteiger partial charge in [-0.1, -0.05) is 19.3 Å². The molecular weight excluding hydrogens is 334 g/mol. The molecule has 6 nitrogen and oxygen atoms in total. The van der Waals surface area contributed by atoms with Crippen molar-refractivity contribution in [2.45, 2.75) is 52.1 Å². The molecule has 1 atom stereocenters. The van der Waals surface area contributed by atoms with E-state index in [0.717, 1.165) is 18.6 Å². The molecule has 2 rings (SSSR count). The van der Waals surface area contributed by atoms with Crippen LogP contribution >= 0.6 is 0 Å². The molecule has 1 aliphatic rings. The molecule has 0 spiro atoms. The summed E-state index contributed by atoms with van der Waals surface area (Å²) < 4.78 is 15.9. The molecule has 26 heavy (non-hydrogen) atoms. The smallest absolute Gasteiger partial charge is 0.344 e. The predicted octanol–water partition coefficient (Wildman–Crippen LogP) is 3.09. The lowest BCUT2D eigenvalue weighted by Crippen LogP contribution is -2.39. The lowest BCUT2D eigenvalue weighted by Gasteiger charge is -2.22. The number of amides is 1. The van der Waals surface area contributed by atoms with Crippen molar-refractivity contribution < 1.29 is 23.8 Å². The van der Waals surface area contributed by atoms with Gasteiger partial charge in [0.1, 0.15) is 11.5 Å². The van der Waals surface area contributed by atoms with Crippen LogP contribution in [0.25, 0.3) is 0 Å². The minimum absolute atomic E-state index is 0.242. The highest BCUT2D eigenvalue weighted by Crippen LogP contribution is 2.22. The van der Waals surface area contributed by atoms with Crippen molar-refractivity contribution in [3.05, 3.63) is 24.3 Å². The molecule has 0 heterocycles. The van der Waals surface area contributed by atoms with Crippen molar-refractivity contribution in [1.29, 1.82) is 0 Å². The van der Waals surface area contributed by atoms with E-state index >= 15 is 0 Å². The fourth-order valence-corrected chi connectivity index (χ4v) is 3.01. The van der Waals surface area contributed by atoms with Gasteiger partial charge in [0.25, 0.3) is 5.91 Å². The second kappa shape index (κ2) is 10.7. The van der Waals surface area contributed by atoms with Gasteiger partial charge in [-0.2, -0.15) is 0 Å². The maximum absolute atomic E-state index is 12.1. The van der Waals surface area contributed by atoms with E-state index in [-0.39, 0.29) is 12.5 Å². The molecule has 6 heteroatoms. The topological polar surface area (TPSA) is 73.9 Å². The van der Waals surface area contributed by atoms with E-state index in [1.165, 1.54) is 19.3 Å². The van der Waals surface area contributed by atoms with Crippen LogP contribution in [0, 0.1) is 5.92 Å². The van der Waals surface area contributed by atoms with E-state index in [1.54, 1.807) is 31.2 Å². The second-order valence-corrected chi connectivity index (χ2v) is 6.57. The second-order valence-electron chi connectivity index (χ2n) is 6.57. The van der Waals surface area contributed by atoms with Crippen LogP contribution in [-0.2, 0) is 14.3 Å². The lowest BCUT2D eigenvalue weighted by atomic mass is 9.89. The summed E-state index contributed by atoms with van der Waals surface area (Å²) in [5.41, 5.74) is 0. The molecule has 1 aliphatic carbocycles. The van der Waals surface area contributed by atoms with E-state index < -0.39 is 12.1 Å². The third kappa shape index (κ3) is 6.94. The third-order valence-electron chi connectivity index (χ3n) is 4.46. The minimum atomic E-state index is -0.824. The zero-order chi connectivity index (χ0) is 18.8. The van der Waals surface area contributed by atoms with Gasteiger partial charge in [0.05, 0.1) is 6.61 Å². The van der Waals surface area contributed by atoms with Gasteiger partial charge in [0.15, 0.2) is 12.7 Å². The Morgan fingerprint density at radius 3 is 2.31 bits per heavy atom. The largest absolute Gasteiger partial charge is 0.494 e. The normalized spacial score (nSPS) is 15.8. The predicted molar refractivity (Wildman–Crippen MR) is 98.2 cm³/mol. The summed E-state index contributed by atoms with van der Waals surface area (Å²) in [7, 11) is 0. The lowest BCUT2D eigenvalue weighted by molar-refractivity contribution is -0.156. The van der Waals surface area contributed by atoms with E-state index in [0.29, 0.717) is 24.8 Å². The molecule has 0 radical (unpaired) electrons. The summed E-state index contributed by atoms with van der Waals surface area (Å²) in [5, 5.41) is 2.88. The average Bonchev–Trinajstić information content (AvgIpc) is 2.66. The van der Waals surface area contributed by atoms with Crippen LogP contribution in [0.1, 0.15) is 46.0 Å². The van der Waals surface area contributed by atoms with Crippen LogP contribution in [0.4, 0.5) is 0 Å². The average molecular weight is 363 g/mol. The molecule has 1 aromatic rings. The molecule has 0 aliphatic heterocycles. The van der Waals surface area contributed by atoms with Crippen molar-refractivity contribution in [3.63, 3.8) is 0 Å². The van der Waals surface area contributed by atoms with Crippen molar-refractivity contribution >= 4 is 11.9 Å². The molecule has 0 bridgehead atoms. The van der Waals surface area contributed by atoms with Gasteiger partial charge in [-0.15, -0.1) is 0 Å². The third-order valence-corrected chi connectivity index (χ3v) is 4.46. The quantitative estimate of drug-likeness (QED) is 0.683. The molecule has 1 aromatic carbocycles. The molecule has 0 unspecified atom stereocenters. The number of hydrogen-bond donors (Lipinski definition) is 1. The highest BCUT2D eigenvalue weighted by Gasteiger charge is 2.20. The van der Waals surface area contributed by atoms with E-state index in [9.17, 15) is 9.59 Å². The first kappa shape index (κ1) is 20.1. The van der Waals surface area contributed by atoms with Crippen molar-refractivity contribution in [2.75, 3.05) is 19.8 Å². The van der Waals surface area contributed by atoms with Crippen molar-refractivity contribution in [1.82, 2.24) is 5.32 Å². The Labute approximate surface area is 155 Å². The number of hydrogen-bond acceptors (Lipinski definition) is 5. The van der Waals surface area contributed by atoms with Gasteiger partial charge in [-0.25, -0.2) is 4.79 Å². The Balaban J connectivity index is 1.66. The fourth-order valence-electron chi connectivity index (χ4n) is 3.01. The highest BCUT2D eigenvalue weighted by atomic mass is 16.6. The van der Waals surface area contributed by atoms with Crippen molar-refractivity contribution in [2.24, 2.45) is 5.92 Å².